The molecule has 18 heavy (non-hydrogen) atoms. The van der Waals surface area contributed by atoms with E-state index in [1.54, 1.807) is 6.92 Å². The van der Waals surface area contributed by atoms with Crippen molar-refractivity contribution in [1.29, 1.82) is 0 Å². The average molecular weight is 250 g/mol. The molecule has 0 heterocycles. The van der Waals surface area contributed by atoms with Gasteiger partial charge in [0.25, 0.3) is 0 Å². The highest BCUT2D eigenvalue weighted by atomic mass is 16.5. The zero-order valence-electron chi connectivity index (χ0n) is 11.3. The van der Waals surface area contributed by atoms with Gasteiger partial charge < -0.3 is 15.4 Å². The van der Waals surface area contributed by atoms with Crippen LogP contribution in [0.4, 0.5) is 5.69 Å². The number of esters is 1. The lowest BCUT2D eigenvalue weighted by Crippen LogP contribution is -2.36. The number of benzene rings is 1. The van der Waals surface area contributed by atoms with E-state index in [2.05, 4.69) is 36.1 Å². The fourth-order valence-electron chi connectivity index (χ4n) is 1.63. The van der Waals surface area contributed by atoms with Crippen molar-refractivity contribution in [3.8, 4) is 0 Å². The van der Waals surface area contributed by atoms with Crippen LogP contribution in [0.1, 0.15) is 18.9 Å². The van der Waals surface area contributed by atoms with E-state index in [1.165, 1.54) is 5.56 Å². The minimum Gasteiger partial charge on any atom is -0.465 e. The fourth-order valence-corrected chi connectivity index (χ4v) is 1.63. The molecule has 0 saturated carbocycles. The van der Waals surface area contributed by atoms with Crippen LogP contribution in [0.5, 0.6) is 0 Å². The molecule has 1 rings (SSSR count). The second kappa shape index (κ2) is 7.01. The number of ether oxygens (including phenoxy) is 1. The Morgan fingerprint density at radius 2 is 2.00 bits per heavy atom. The molecule has 1 aromatic carbocycles. The summed E-state index contributed by atoms with van der Waals surface area (Å²) in [4.78, 5) is 13.5. The summed E-state index contributed by atoms with van der Waals surface area (Å²) in [6.07, 6.45) is 0.587. The molecule has 1 atom stereocenters. The van der Waals surface area contributed by atoms with Crippen LogP contribution < -0.4 is 10.6 Å². The molecular formula is C14H22N2O2. The van der Waals surface area contributed by atoms with Crippen LogP contribution in [0.2, 0.25) is 0 Å². The summed E-state index contributed by atoms with van der Waals surface area (Å²) in [6.45, 7) is 4.94. The minimum atomic E-state index is -0.544. The van der Waals surface area contributed by atoms with Crippen LogP contribution in [0.15, 0.2) is 24.3 Å². The highest BCUT2D eigenvalue weighted by Gasteiger charge is 2.15. The van der Waals surface area contributed by atoms with Gasteiger partial charge in [-0.3, -0.25) is 4.79 Å². The van der Waals surface area contributed by atoms with Gasteiger partial charge in [0.2, 0.25) is 0 Å². The van der Waals surface area contributed by atoms with Gasteiger partial charge in [-0.1, -0.05) is 17.7 Å². The van der Waals surface area contributed by atoms with Gasteiger partial charge in [0, 0.05) is 19.3 Å². The van der Waals surface area contributed by atoms with E-state index in [9.17, 15) is 4.79 Å². The second-order valence-electron chi connectivity index (χ2n) is 4.40. The first-order valence-corrected chi connectivity index (χ1v) is 6.24. The Morgan fingerprint density at radius 1 is 1.39 bits per heavy atom. The molecule has 1 unspecified atom stereocenters. The van der Waals surface area contributed by atoms with Crippen LogP contribution in [-0.4, -0.2) is 32.2 Å². The predicted octanol–water partition coefficient (Wildman–Crippen LogP) is 1.71. The number of nitrogens with zero attached hydrogens (tertiary/aromatic N) is 1. The third-order valence-corrected chi connectivity index (χ3v) is 2.84. The van der Waals surface area contributed by atoms with Gasteiger partial charge >= 0.3 is 5.97 Å². The number of hydrogen-bond acceptors (Lipinski definition) is 4. The lowest BCUT2D eigenvalue weighted by atomic mass is 10.2. The van der Waals surface area contributed by atoms with Crippen molar-refractivity contribution in [2.24, 2.45) is 5.73 Å². The van der Waals surface area contributed by atoms with E-state index in [1.807, 2.05) is 7.05 Å². The first-order chi connectivity index (χ1) is 8.54. The van der Waals surface area contributed by atoms with E-state index < -0.39 is 6.04 Å². The molecule has 4 heteroatoms. The zero-order valence-corrected chi connectivity index (χ0v) is 11.3. The van der Waals surface area contributed by atoms with Gasteiger partial charge in [-0.15, -0.1) is 0 Å². The topological polar surface area (TPSA) is 55.6 Å². The third kappa shape index (κ3) is 4.37. The van der Waals surface area contributed by atoms with Crippen LogP contribution in [0.25, 0.3) is 0 Å². The number of rotatable bonds is 6. The van der Waals surface area contributed by atoms with Crippen molar-refractivity contribution in [2.75, 3.05) is 25.1 Å². The quantitative estimate of drug-likeness (QED) is 0.781. The van der Waals surface area contributed by atoms with E-state index in [-0.39, 0.29) is 5.97 Å². The Balaban J connectivity index is 2.43. The largest absolute Gasteiger partial charge is 0.465 e. The summed E-state index contributed by atoms with van der Waals surface area (Å²) in [7, 11) is 1.99. The molecule has 0 radical (unpaired) electrons. The maximum absolute atomic E-state index is 11.4. The van der Waals surface area contributed by atoms with E-state index in [0.717, 1.165) is 12.2 Å². The molecule has 4 nitrogen and oxygen atoms in total. The molecule has 0 aliphatic carbocycles. The van der Waals surface area contributed by atoms with Crippen molar-refractivity contribution >= 4 is 11.7 Å². The molecule has 0 aliphatic heterocycles. The van der Waals surface area contributed by atoms with E-state index in [0.29, 0.717) is 13.0 Å². The minimum absolute atomic E-state index is 0.324. The summed E-state index contributed by atoms with van der Waals surface area (Å²) in [6, 6.07) is 7.71. The SMILES string of the molecule is CCOC(=O)C(N)CCN(C)c1ccc(C)cc1. The molecule has 0 amide bonds. The third-order valence-electron chi connectivity index (χ3n) is 2.84. The lowest BCUT2D eigenvalue weighted by molar-refractivity contribution is -0.144. The zero-order chi connectivity index (χ0) is 13.5. The maximum atomic E-state index is 11.4. The number of carbonyl (C=O) groups is 1. The van der Waals surface area contributed by atoms with Gasteiger partial charge in [0.1, 0.15) is 6.04 Å². The first-order valence-electron chi connectivity index (χ1n) is 6.24. The molecule has 100 valence electrons. The summed E-state index contributed by atoms with van der Waals surface area (Å²) in [5.41, 5.74) is 8.11. The molecule has 0 aliphatic rings. The van der Waals surface area contributed by atoms with Crippen LogP contribution >= 0.6 is 0 Å². The maximum Gasteiger partial charge on any atom is 0.322 e. The summed E-state index contributed by atoms with van der Waals surface area (Å²) in [5.74, 6) is -0.324. The highest BCUT2D eigenvalue weighted by molar-refractivity contribution is 5.75. The Hall–Kier alpha value is -1.55. The predicted molar refractivity (Wildman–Crippen MR) is 73.7 cm³/mol. The summed E-state index contributed by atoms with van der Waals surface area (Å²) < 4.78 is 4.87. The van der Waals surface area contributed by atoms with Crippen LogP contribution in [0, 0.1) is 6.92 Å². The lowest BCUT2D eigenvalue weighted by Gasteiger charge is -2.21. The van der Waals surface area contributed by atoms with Crippen molar-refractivity contribution in [2.45, 2.75) is 26.3 Å². The molecule has 0 fully saturated rings. The Morgan fingerprint density at radius 3 is 2.56 bits per heavy atom. The van der Waals surface area contributed by atoms with E-state index >= 15 is 0 Å². The van der Waals surface area contributed by atoms with Gasteiger partial charge in [-0.05, 0) is 32.4 Å². The Kier molecular flexibility index (Phi) is 5.65. The van der Waals surface area contributed by atoms with Crippen molar-refractivity contribution in [1.82, 2.24) is 0 Å². The highest BCUT2D eigenvalue weighted by Crippen LogP contribution is 2.13. The molecule has 0 aromatic heterocycles. The number of anilines is 1. The van der Waals surface area contributed by atoms with Crippen molar-refractivity contribution in [3.63, 3.8) is 0 Å². The second-order valence-corrected chi connectivity index (χ2v) is 4.40. The van der Waals surface area contributed by atoms with E-state index in [4.69, 9.17) is 10.5 Å². The first kappa shape index (κ1) is 14.5. The number of aryl methyl sites for hydroxylation is 1. The normalized spacial score (nSPS) is 12.0. The standard InChI is InChI=1S/C14H22N2O2/c1-4-18-14(17)13(15)9-10-16(3)12-7-5-11(2)6-8-12/h5-8,13H,4,9-10,15H2,1-3H3. The van der Waals surface area contributed by atoms with Crippen LogP contribution in [0.3, 0.4) is 0 Å². The average Bonchev–Trinajstić information content (AvgIpc) is 2.36. The summed E-state index contributed by atoms with van der Waals surface area (Å²) in [5, 5.41) is 0. The number of carbonyl (C=O) groups excluding carboxylic acids is 1. The van der Waals surface area contributed by atoms with Gasteiger partial charge in [-0.2, -0.15) is 0 Å². The van der Waals surface area contributed by atoms with Gasteiger partial charge in [0.05, 0.1) is 6.61 Å². The van der Waals surface area contributed by atoms with Gasteiger partial charge in [0.15, 0.2) is 0 Å². The Bertz CT molecular complexity index is 376. The summed E-state index contributed by atoms with van der Waals surface area (Å²) >= 11 is 0. The smallest absolute Gasteiger partial charge is 0.322 e. The van der Waals surface area contributed by atoms with Gasteiger partial charge in [-0.25, -0.2) is 0 Å². The molecule has 0 saturated heterocycles. The van der Waals surface area contributed by atoms with Crippen molar-refractivity contribution < 1.29 is 9.53 Å². The Labute approximate surface area is 109 Å². The number of hydrogen-bond donors (Lipinski definition) is 1. The fraction of sp³-hybridized carbons (Fsp3) is 0.500. The molecule has 0 bridgehead atoms. The van der Waals surface area contributed by atoms with Crippen molar-refractivity contribution in [3.05, 3.63) is 29.8 Å². The molecule has 0 spiro atoms. The molecular weight excluding hydrogens is 228 g/mol. The molecule has 2 N–H and O–H groups in total. The monoisotopic (exact) mass is 250 g/mol. The molecule has 1 aromatic rings. The number of nitrogens with two attached hydrogens (primary N) is 1. The van der Waals surface area contributed by atoms with Crippen LogP contribution in [-0.2, 0) is 9.53 Å².